The number of carbonyl (C=O) groups is 1. The van der Waals surface area contributed by atoms with Gasteiger partial charge in [-0.15, -0.1) is 0 Å². The third kappa shape index (κ3) is 3.08. The summed E-state index contributed by atoms with van der Waals surface area (Å²) in [7, 11) is 0. The standard InChI is InChI=1S/C15H12N4O2.Li.H/c1-10-5-6-11(9-17-10)19-14(8-13(18-19)15(20)21)12-4-2-3-7-16-12;;/h2-9H,1H3,(H,20,21);;. The summed E-state index contributed by atoms with van der Waals surface area (Å²) in [6, 6.07) is 10.6. The monoisotopic (exact) mass is 288 g/mol. The van der Waals surface area contributed by atoms with Gasteiger partial charge in [0.25, 0.3) is 0 Å². The normalized spacial score (nSPS) is 10.0. The molecule has 0 aliphatic rings. The molecule has 0 fully saturated rings. The number of aromatic nitrogens is 4. The molecule has 0 atom stereocenters. The quantitative estimate of drug-likeness (QED) is 0.742. The second-order valence-corrected chi connectivity index (χ2v) is 4.50. The molecule has 0 aliphatic carbocycles. The van der Waals surface area contributed by atoms with Crippen LogP contribution in [0.4, 0.5) is 0 Å². The van der Waals surface area contributed by atoms with Gasteiger partial charge in [-0.2, -0.15) is 5.10 Å². The molecular formula is C15H13LiN4O2. The predicted molar refractivity (Wildman–Crippen MR) is 83.4 cm³/mol. The zero-order valence-electron chi connectivity index (χ0n) is 11.3. The van der Waals surface area contributed by atoms with Crippen molar-refractivity contribution in [3.05, 3.63) is 60.2 Å². The average Bonchev–Trinajstić information content (AvgIpc) is 2.94. The van der Waals surface area contributed by atoms with E-state index in [0.717, 1.165) is 5.69 Å². The minimum absolute atomic E-state index is 0. The first-order valence-corrected chi connectivity index (χ1v) is 6.33. The van der Waals surface area contributed by atoms with Crippen LogP contribution in [-0.2, 0) is 0 Å². The summed E-state index contributed by atoms with van der Waals surface area (Å²) in [6.07, 6.45) is 3.31. The van der Waals surface area contributed by atoms with Crippen molar-refractivity contribution in [2.45, 2.75) is 6.92 Å². The molecule has 0 aliphatic heterocycles. The molecule has 0 saturated heterocycles. The molecule has 3 aromatic rings. The molecule has 0 bridgehead atoms. The number of hydrogen-bond donors (Lipinski definition) is 1. The summed E-state index contributed by atoms with van der Waals surface area (Å²) in [5.74, 6) is -1.08. The Hall–Kier alpha value is -2.42. The van der Waals surface area contributed by atoms with E-state index < -0.39 is 5.97 Å². The molecular weight excluding hydrogens is 275 g/mol. The topological polar surface area (TPSA) is 80.9 Å². The zero-order valence-corrected chi connectivity index (χ0v) is 11.3. The van der Waals surface area contributed by atoms with Crippen LogP contribution in [-0.4, -0.2) is 49.7 Å². The van der Waals surface area contributed by atoms with Crippen molar-refractivity contribution in [3.63, 3.8) is 0 Å². The van der Waals surface area contributed by atoms with Crippen LogP contribution < -0.4 is 0 Å². The number of carboxylic acids is 1. The number of nitrogens with zero attached hydrogens (tertiary/aromatic N) is 4. The van der Waals surface area contributed by atoms with Crippen LogP contribution in [0.25, 0.3) is 17.1 Å². The van der Waals surface area contributed by atoms with Crippen molar-refractivity contribution in [3.8, 4) is 17.1 Å². The molecule has 0 aromatic carbocycles. The fourth-order valence-corrected chi connectivity index (χ4v) is 1.96. The minimum atomic E-state index is -1.08. The fourth-order valence-electron chi connectivity index (χ4n) is 1.96. The van der Waals surface area contributed by atoms with Crippen molar-refractivity contribution in [2.24, 2.45) is 0 Å². The van der Waals surface area contributed by atoms with Gasteiger partial charge in [0.1, 0.15) is 0 Å². The van der Waals surface area contributed by atoms with Crippen LogP contribution >= 0.6 is 0 Å². The van der Waals surface area contributed by atoms with E-state index in [1.807, 2.05) is 25.1 Å². The van der Waals surface area contributed by atoms with Crippen LogP contribution in [0.15, 0.2) is 48.8 Å². The Morgan fingerprint density at radius 2 is 2.00 bits per heavy atom. The van der Waals surface area contributed by atoms with Crippen molar-refractivity contribution >= 4 is 24.8 Å². The summed E-state index contributed by atoms with van der Waals surface area (Å²) in [6.45, 7) is 1.88. The first-order valence-electron chi connectivity index (χ1n) is 6.33. The number of aryl methyl sites for hydroxylation is 1. The molecule has 1 N–H and O–H groups in total. The average molecular weight is 288 g/mol. The molecule has 6 nitrogen and oxygen atoms in total. The SMILES string of the molecule is Cc1ccc(-n2nc(C(=O)O)cc2-c2ccccn2)cn1.[LiH]. The molecule has 106 valence electrons. The van der Waals surface area contributed by atoms with Gasteiger partial charge in [0.15, 0.2) is 5.69 Å². The van der Waals surface area contributed by atoms with E-state index in [1.54, 1.807) is 24.5 Å². The summed E-state index contributed by atoms with van der Waals surface area (Å²) < 4.78 is 1.54. The fraction of sp³-hybridized carbons (Fsp3) is 0.0667. The first-order chi connectivity index (χ1) is 10.1. The second kappa shape index (κ2) is 6.56. The van der Waals surface area contributed by atoms with Gasteiger partial charge >= 0.3 is 24.8 Å². The Balaban J connectivity index is 0.00000176. The number of hydrogen-bond acceptors (Lipinski definition) is 4. The van der Waals surface area contributed by atoms with Crippen molar-refractivity contribution in [1.29, 1.82) is 0 Å². The molecule has 0 amide bonds. The predicted octanol–water partition coefficient (Wildman–Crippen LogP) is 1.69. The Morgan fingerprint density at radius 1 is 1.18 bits per heavy atom. The maximum atomic E-state index is 11.2. The number of aromatic carboxylic acids is 1. The number of pyridine rings is 2. The van der Waals surface area contributed by atoms with Gasteiger partial charge in [-0.05, 0) is 31.2 Å². The van der Waals surface area contributed by atoms with Gasteiger partial charge in [0, 0.05) is 18.0 Å². The van der Waals surface area contributed by atoms with Crippen LogP contribution in [0.5, 0.6) is 0 Å². The molecule has 0 radical (unpaired) electrons. The molecule has 0 unspecified atom stereocenters. The van der Waals surface area contributed by atoms with Gasteiger partial charge < -0.3 is 5.11 Å². The molecule has 0 spiro atoms. The van der Waals surface area contributed by atoms with E-state index >= 15 is 0 Å². The summed E-state index contributed by atoms with van der Waals surface area (Å²) >= 11 is 0. The molecule has 3 heterocycles. The van der Waals surface area contributed by atoms with Gasteiger partial charge in [-0.25, -0.2) is 9.48 Å². The summed E-state index contributed by atoms with van der Waals surface area (Å²) in [5.41, 5.74) is 2.80. The van der Waals surface area contributed by atoms with Gasteiger partial charge in [0.2, 0.25) is 0 Å². The maximum absolute atomic E-state index is 11.2. The van der Waals surface area contributed by atoms with Crippen LogP contribution in [0.2, 0.25) is 0 Å². The van der Waals surface area contributed by atoms with Crippen LogP contribution in [0.3, 0.4) is 0 Å². The van der Waals surface area contributed by atoms with Crippen molar-refractivity contribution in [1.82, 2.24) is 19.7 Å². The first kappa shape index (κ1) is 16.0. The molecule has 0 saturated carbocycles. The van der Waals surface area contributed by atoms with Crippen molar-refractivity contribution < 1.29 is 9.90 Å². The van der Waals surface area contributed by atoms with E-state index in [2.05, 4.69) is 15.1 Å². The van der Waals surface area contributed by atoms with E-state index in [0.29, 0.717) is 17.1 Å². The van der Waals surface area contributed by atoms with E-state index in [4.69, 9.17) is 5.11 Å². The Morgan fingerprint density at radius 3 is 2.59 bits per heavy atom. The third-order valence-corrected chi connectivity index (χ3v) is 3.00. The zero-order chi connectivity index (χ0) is 14.8. The van der Waals surface area contributed by atoms with Gasteiger partial charge in [-0.3, -0.25) is 9.97 Å². The van der Waals surface area contributed by atoms with Crippen LogP contribution in [0.1, 0.15) is 16.2 Å². The second-order valence-electron chi connectivity index (χ2n) is 4.50. The summed E-state index contributed by atoms with van der Waals surface area (Å²) in [4.78, 5) is 19.6. The molecule has 22 heavy (non-hydrogen) atoms. The van der Waals surface area contributed by atoms with Crippen molar-refractivity contribution in [2.75, 3.05) is 0 Å². The summed E-state index contributed by atoms with van der Waals surface area (Å²) in [5, 5.41) is 13.3. The van der Waals surface area contributed by atoms with Crippen LogP contribution in [0, 0.1) is 6.92 Å². The Labute approximate surface area is 139 Å². The number of rotatable bonds is 3. The van der Waals surface area contributed by atoms with E-state index in [1.165, 1.54) is 10.7 Å². The molecule has 7 heteroatoms. The third-order valence-electron chi connectivity index (χ3n) is 3.00. The van der Waals surface area contributed by atoms with Gasteiger partial charge in [-0.1, -0.05) is 6.07 Å². The van der Waals surface area contributed by atoms with E-state index in [-0.39, 0.29) is 24.6 Å². The van der Waals surface area contributed by atoms with E-state index in [9.17, 15) is 4.79 Å². The Bertz CT molecular complexity index is 785. The number of carboxylic acid groups (broad SMARTS) is 1. The molecule has 3 rings (SSSR count). The molecule has 3 aromatic heterocycles. The Kier molecular flexibility index (Phi) is 4.76. The van der Waals surface area contributed by atoms with Gasteiger partial charge in [0.05, 0.1) is 23.3 Å².